The number of hydrogen-bond acceptors (Lipinski definition) is 5. The summed E-state index contributed by atoms with van der Waals surface area (Å²) in [4.78, 5) is 13.4. The Kier molecular flexibility index (Phi) is 6.46. The molecule has 0 unspecified atom stereocenters. The molecule has 3 saturated carbocycles. The maximum Gasteiger partial charge on any atom is 0.159 e. The van der Waals surface area contributed by atoms with Gasteiger partial charge in [-0.25, -0.2) is 0 Å². The van der Waals surface area contributed by atoms with Crippen molar-refractivity contribution in [3.05, 3.63) is 11.1 Å². The van der Waals surface area contributed by atoms with Gasteiger partial charge in [-0.1, -0.05) is 40.2 Å². The molecule has 10 atom stereocenters. The molecule has 0 saturated heterocycles. The molecule has 4 rings (SSSR count). The Hall–Kier alpha value is -0.750. The van der Waals surface area contributed by atoms with Crippen molar-refractivity contribution in [3.63, 3.8) is 0 Å². The Balaban J connectivity index is 1.64. The van der Waals surface area contributed by atoms with Crippen molar-refractivity contribution in [2.75, 3.05) is 0 Å². The average Bonchev–Trinajstić information content (AvgIpc) is 2.99. The van der Waals surface area contributed by atoms with Crippen LogP contribution in [0.5, 0.6) is 0 Å². The van der Waals surface area contributed by atoms with Gasteiger partial charge in [0.05, 0.1) is 24.4 Å². The Morgan fingerprint density at radius 2 is 1.66 bits per heavy atom. The Bertz CT molecular complexity index is 774. The van der Waals surface area contributed by atoms with Crippen molar-refractivity contribution in [3.8, 4) is 0 Å². The number of aliphatic hydroxyl groups excluding tert-OH is 4. The second kappa shape index (κ2) is 8.48. The van der Waals surface area contributed by atoms with Gasteiger partial charge >= 0.3 is 0 Å². The summed E-state index contributed by atoms with van der Waals surface area (Å²) in [5.41, 5.74) is 1.68. The summed E-state index contributed by atoms with van der Waals surface area (Å²) in [7, 11) is 0. The Morgan fingerprint density at radius 3 is 2.31 bits per heavy atom. The lowest BCUT2D eigenvalue weighted by Gasteiger charge is -2.59. The van der Waals surface area contributed by atoms with E-state index in [4.69, 9.17) is 0 Å². The van der Waals surface area contributed by atoms with Crippen molar-refractivity contribution in [1.29, 1.82) is 0 Å². The molecule has 3 fully saturated rings. The Morgan fingerprint density at radius 1 is 0.969 bits per heavy atom. The van der Waals surface area contributed by atoms with Gasteiger partial charge in [0.2, 0.25) is 0 Å². The van der Waals surface area contributed by atoms with E-state index in [2.05, 4.69) is 20.8 Å². The average molecular weight is 449 g/mol. The fraction of sp³-hybridized carbons (Fsp3) is 0.889. The third kappa shape index (κ3) is 3.62. The van der Waals surface area contributed by atoms with Gasteiger partial charge in [0.25, 0.3) is 0 Å². The predicted octanol–water partition coefficient (Wildman–Crippen LogP) is 3.62. The second-order valence-corrected chi connectivity index (χ2v) is 12.4. The molecule has 4 aliphatic carbocycles. The van der Waals surface area contributed by atoms with E-state index in [1.165, 1.54) is 0 Å². The lowest BCUT2D eigenvalue weighted by atomic mass is 9.47. The number of allylic oxidation sites excluding steroid dienone is 1. The van der Waals surface area contributed by atoms with Crippen LogP contribution in [0.3, 0.4) is 0 Å². The van der Waals surface area contributed by atoms with Crippen LogP contribution in [0.4, 0.5) is 0 Å². The zero-order valence-electron chi connectivity index (χ0n) is 20.6. The summed E-state index contributed by atoms with van der Waals surface area (Å²) in [6.07, 6.45) is 3.26. The molecule has 0 aromatic rings. The minimum Gasteiger partial charge on any atom is -0.393 e. The second-order valence-electron chi connectivity index (χ2n) is 12.4. The normalized spacial score (nSPS) is 46.0. The summed E-state index contributed by atoms with van der Waals surface area (Å²) in [5, 5.41) is 42.4. The molecule has 4 aliphatic rings. The summed E-state index contributed by atoms with van der Waals surface area (Å²) >= 11 is 0. The number of Topliss-reactive ketones (excluding diaryl/α,β-unsaturated/α-hetero) is 1. The van der Waals surface area contributed by atoms with Gasteiger partial charge in [0, 0.05) is 17.9 Å². The number of hydrogen-bond donors (Lipinski definition) is 4. The summed E-state index contributed by atoms with van der Waals surface area (Å²) in [6.45, 7) is 10.8. The van der Waals surface area contributed by atoms with Crippen molar-refractivity contribution >= 4 is 5.78 Å². The van der Waals surface area contributed by atoms with Gasteiger partial charge in [-0.15, -0.1) is 0 Å². The molecule has 32 heavy (non-hydrogen) atoms. The first-order valence-electron chi connectivity index (χ1n) is 12.9. The number of carbonyl (C=O) groups is 1. The van der Waals surface area contributed by atoms with E-state index < -0.39 is 18.3 Å². The zero-order valence-corrected chi connectivity index (χ0v) is 20.6. The number of ketones is 1. The number of fused-ring (bicyclic) bond motifs is 4. The fourth-order valence-corrected chi connectivity index (χ4v) is 8.30. The molecule has 0 aliphatic heterocycles. The van der Waals surface area contributed by atoms with Gasteiger partial charge in [-0.3, -0.25) is 4.79 Å². The zero-order chi connectivity index (χ0) is 23.6. The van der Waals surface area contributed by atoms with Crippen LogP contribution in [0.1, 0.15) is 86.0 Å². The third-order valence-corrected chi connectivity index (χ3v) is 10.3. The van der Waals surface area contributed by atoms with Crippen molar-refractivity contribution in [1.82, 2.24) is 0 Å². The molecule has 0 radical (unpaired) electrons. The molecular weight excluding hydrogens is 404 g/mol. The third-order valence-electron chi connectivity index (χ3n) is 10.3. The molecule has 4 N–H and O–H groups in total. The lowest BCUT2D eigenvalue weighted by Crippen LogP contribution is -2.59. The van der Waals surface area contributed by atoms with E-state index in [1.807, 2.05) is 13.8 Å². The van der Waals surface area contributed by atoms with E-state index in [0.29, 0.717) is 25.2 Å². The van der Waals surface area contributed by atoms with Crippen LogP contribution in [0.2, 0.25) is 0 Å². The summed E-state index contributed by atoms with van der Waals surface area (Å²) < 4.78 is 0. The van der Waals surface area contributed by atoms with Crippen LogP contribution in [-0.2, 0) is 4.79 Å². The highest BCUT2D eigenvalue weighted by Crippen LogP contribution is 2.65. The highest BCUT2D eigenvalue weighted by Gasteiger charge is 2.61. The van der Waals surface area contributed by atoms with Crippen LogP contribution < -0.4 is 0 Å². The molecule has 0 heterocycles. The highest BCUT2D eigenvalue weighted by atomic mass is 16.3. The van der Waals surface area contributed by atoms with Crippen LogP contribution in [0.25, 0.3) is 0 Å². The fourth-order valence-electron chi connectivity index (χ4n) is 8.30. The van der Waals surface area contributed by atoms with Gasteiger partial charge in [0.1, 0.15) is 0 Å². The topological polar surface area (TPSA) is 98.0 Å². The van der Waals surface area contributed by atoms with Crippen LogP contribution in [0, 0.1) is 40.4 Å². The van der Waals surface area contributed by atoms with E-state index in [1.54, 1.807) is 0 Å². The highest BCUT2D eigenvalue weighted by molar-refractivity contribution is 6.00. The first-order chi connectivity index (χ1) is 14.9. The standard InChI is InChI=1S/C27H44O5/c1-14(2)19(28)7-6-15(3)18-13-22(31)23-16-12-21(30)24-25(32)20(29)9-11-26(24,4)17(16)8-10-27(18,23)5/h14-15,17-21,24-25,28-30,32H,6-13H2,1-5H3/t15-,17+,18-,19+,20+,21+,24+,25+,26-,27-/m1/s1. The minimum absolute atomic E-state index is 0.166. The molecule has 182 valence electrons. The van der Waals surface area contributed by atoms with Crippen molar-refractivity contribution in [2.24, 2.45) is 40.4 Å². The van der Waals surface area contributed by atoms with E-state index in [0.717, 1.165) is 43.3 Å². The van der Waals surface area contributed by atoms with Gasteiger partial charge in [0.15, 0.2) is 5.78 Å². The molecule has 0 aromatic carbocycles. The van der Waals surface area contributed by atoms with Crippen LogP contribution in [0.15, 0.2) is 11.1 Å². The van der Waals surface area contributed by atoms with Gasteiger partial charge < -0.3 is 20.4 Å². The molecule has 5 nitrogen and oxygen atoms in total. The molecule has 0 aromatic heterocycles. The molecule has 5 heteroatoms. The van der Waals surface area contributed by atoms with Crippen molar-refractivity contribution < 1.29 is 25.2 Å². The largest absolute Gasteiger partial charge is 0.393 e. The van der Waals surface area contributed by atoms with E-state index in [-0.39, 0.29) is 46.4 Å². The van der Waals surface area contributed by atoms with Crippen LogP contribution in [-0.4, -0.2) is 50.6 Å². The predicted molar refractivity (Wildman–Crippen MR) is 124 cm³/mol. The molecule has 0 spiro atoms. The SMILES string of the molecule is CC(C)[C@@H](O)CC[C@@H](C)[C@H]1CC(=O)C2=C3C[C@H](O)[C@H]4[C@@H](O)[C@@H](O)CC[C@]4(C)[C@H]3CC[C@@]21C. The van der Waals surface area contributed by atoms with E-state index >= 15 is 0 Å². The first kappa shape index (κ1) is 24.4. The maximum atomic E-state index is 13.4. The van der Waals surface area contributed by atoms with Crippen LogP contribution >= 0.6 is 0 Å². The summed E-state index contributed by atoms with van der Waals surface area (Å²) in [5.74, 6) is 0.988. The quantitative estimate of drug-likeness (QED) is 0.515. The molecule has 0 bridgehead atoms. The van der Waals surface area contributed by atoms with Gasteiger partial charge in [-0.05, 0) is 79.4 Å². The van der Waals surface area contributed by atoms with E-state index in [9.17, 15) is 25.2 Å². The number of aliphatic hydroxyl groups is 4. The lowest BCUT2D eigenvalue weighted by molar-refractivity contribution is -0.166. The number of carbonyl (C=O) groups excluding carboxylic acids is 1. The molecule has 0 amide bonds. The Labute approximate surface area is 193 Å². The first-order valence-corrected chi connectivity index (χ1v) is 12.9. The summed E-state index contributed by atoms with van der Waals surface area (Å²) in [6, 6.07) is 0. The number of rotatable bonds is 5. The minimum atomic E-state index is -0.900. The van der Waals surface area contributed by atoms with Crippen molar-refractivity contribution in [2.45, 2.75) is 110 Å². The maximum absolute atomic E-state index is 13.4. The monoisotopic (exact) mass is 448 g/mol. The van der Waals surface area contributed by atoms with Gasteiger partial charge in [-0.2, -0.15) is 0 Å². The molecular formula is C27H44O5. The smallest absolute Gasteiger partial charge is 0.159 e.